The SMILES string of the molecule is O=C(NC1(CCl)CCC1)c1cncnc1. The molecule has 2 rings (SSSR count). The van der Waals surface area contributed by atoms with E-state index in [9.17, 15) is 4.79 Å². The molecule has 15 heavy (non-hydrogen) atoms. The minimum absolute atomic E-state index is 0.143. The van der Waals surface area contributed by atoms with Crippen molar-refractivity contribution < 1.29 is 4.79 Å². The van der Waals surface area contributed by atoms with E-state index in [2.05, 4.69) is 15.3 Å². The van der Waals surface area contributed by atoms with Gasteiger partial charge in [-0.05, 0) is 19.3 Å². The van der Waals surface area contributed by atoms with Crippen molar-refractivity contribution in [2.24, 2.45) is 0 Å². The Hall–Kier alpha value is -1.16. The van der Waals surface area contributed by atoms with Gasteiger partial charge in [-0.25, -0.2) is 9.97 Å². The molecule has 0 bridgehead atoms. The number of halogens is 1. The minimum Gasteiger partial charge on any atom is -0.345 e. The number of nitrogens with one attached hydrogen (secondary N) is 1. The minimum atomic E-state index is -0.200. The molecule has 1 N–H and O–H groups in total. The Labute approximate surface area is 93.1 Å². The van der Waals surface area contributed by atoms with Crippen LogP contribution in [-0.4, -0.2) is 27.3 Å². The lowest BCUT2D eigenvalue weighted by atomic mass is 9.78. The summed E-state index contributed by atoms with van der Waals surface area (Å²) in [5, 5.41) is 2.94. The first-order valence-corrected chi connectivity index (χ1v) is 5.43. The van der Waals surface area contributed by atoms with Gasteiger partial charge in [-0.2, -0.15) is 0 Å². The van der Waals surface area contributed by atoms with Gasteiger partial charge >= 0.3 is 0 Å². The molecule has 0 atom stereocenters. The first-order chi connectivity index (χ1) is 7.26. The van der Waals surface area contributed by atoms with E-state index in [0.717, 1.165) is 19.3 Å². The summed E-state index contributed by atoms with van der Waals surface area (Å²) in [5.74, 6) is 0.322. The van der Waals surface area contributed by atoms with E-state index in [4.69, 9.17) is 11.6 Å². The summed E-state index contributed by atoms with van der Waals surface area (Å²) in [5.41, 5.74) is 0.281. The maximum absolute atomic E-state index is 11.8. The molecule has 1 fully saturated rings. The third-order valence-electron chi connectivity index (χ3n) is 2.77. The summed E-state index contributed by atoms with van der Waals surface area (Å²) >= 11 is 5.85. The normalized spacial score (nSPS) is 17.9. The smallest absolute Gasteiger partial charge is 0.254 e. The quantitative estimate of drug-likeness (QED) is 0.791. The van der Waals surface area contributed by atoms with Crippen LogP contribution in [0.5, 0.6) is 0 Å². The second-order valence-corrected chi connectivity index (χ2v) is 4.12. The number of rotatable bonds is 3. The molecule has 1 saturated carbocycles. The number of aromatic nitrogens is 2. The molecule has 1 aliphatic carbocycles. The highest BCUT2D eigenvalue weighted by atomic mass is 35.5. The number of carbonyl (C=O) groups is 1. The Kier molecular flexibility index (Phi) is 2.86. The molecule has 0 unspecified atom stereocenters. The van der Waals surface area contributed by atoms with Crippen LogP contribution in [0, 0.1) is 0 Å². The number of nitrogens with zero attached hydrogens (tertiary/aromatic N) is 2. The third-order valence-corrected chi connectivity index (χ3v) is 3.28. The van der Waals surface area contributed by atoms with Crippen molar-refractivity contribution in [1.82, 2.24) is 15.3 Å². The van der Waals surface area contributed by atoms with Crippen LogP contribution in [0.15, 0.2) is 18.7 Å². The van der Waals surface area contributed by atoms with E-state index < -0.39 is 0 Å². The van der Waals surface area contributed by atoms with Crippen molar-refractivity contribution in [3.63, 3.8) is 0 Å². The predicted molar refractivity (Wildman–Crippen MR) is 56.8 cm³/mol. The third kappa shape index (κ3) is 2.09. The molecule has 1 aromatic heterocycles. The highest BCUT2D eigenvalue weighted by Gasteiger charge is 2.37. The second-order valence-electron chi connectivity index (χ2n) is 3.85. The molecule has 1 heterocycles. The Morgan fingerprint density at radius 2 is 2.13 bits per heavy atom. The maximum Gasteiger partial charge on any atom is 0.254 e. The Morgan fingerprint density at radius 1 is 1.47 bits per heavy atom. The fourth-order valence-electron chi connectivity index (χ4n) is 1.62. The first-order valence-electron chi connectivity index (χ1n) is 4.89. The van der Waals surface area contributed by atoms with Crippen LogP contribution in [0.3, 0.4) is 0 Å². The number of hydrogen-bond acceptors (Lipinski definition) is 3. The summed E-state index contributed by atoms with van der Waals surface area (Å²) in [7, 11) is 0. The highest BCUT2D eigenvalue weighted by Crippen LogP contribution is 2.32. The Balaban J connectivity index is 2.04. The topological polar surface area (TPSA) is 54.9 Å². The van der Waals surface area contributed by atoms with Gasteiger partial charge in [-0.1, -0.05) is 0 Å². The number of amides is 1. The summed E-state index contributed by atoms with van der Waals surface area (Å²) < 4.78 is 0. The van der Waals surface area contributed by atoms with Crippen molar-refractivity contribution in [2.45, 2.75) is 24.8 Å². The summed E-state index contributed by atoms with van der Waals surface area (Å²) in [6, 6.07) is 0. The van der Waals surface area contributed by atoms with Crippen molar-refractivity contribution in [3.8, 4) is 0 Å². The van der Waals surface area contributed by atoms with E-state index >= 15 is 0 Å². The van der Waals surface area contributed by atoms with E-state index in [1.807, 2.05) is 0 Å². The summed E-state index contributed by atoms with van der Waals surface area (Å²) in [4.78, 5) is 19.4. The molecule has 0 spiro atoms. The zero-order valence-corrected chi connectivity index (χ0v) is 9.00. The molecule has 0 aromatic carbocycles. The summed E-state index contributed by atoms with van der Waals surface area (Å²) in [6.45, 7) is 0. The van der Waals surface area contributed by atoms with Crippen molar-refractivity contribution in [1.29, 1.82) is 0 Å². The van der Waals surface area contributed by atoms with E-state index in [1.165, 1.54) is 18.7 Å². The first kappa shape index (κ1) is 10.4. The fourth-order valence-corrected chi connectivity index (χ4v) is 1.96. The average Bonchev–Trinajstić information content (AvgIpc) is 2.24. The average molecular weight is 226 g/mol. The van der Waals surface area contributed by atoms with Gasteiger partial charge in [0.15, 0.2) is 0 Å². The van der Waals surface area contributed by atoms with Gasteiger partial charge in [0.1, 0.15) is 6.33 Å². The molecule has 1 amide bonds. The predicted octanol–water partition coefficient (Wildman–Crippen LogP) is 1.37. The molecule has 5 heteroatoms. The van der Waals surface area contributed by atoms with Crippen molar-refractivity contribution in [3.05, 3.63) is 24.3 Å². The van der Waals surface area contributed by atoms with Crippen molar-refractivity contribution >= 4 is 17.5 Å². The van der Waals surface area contributed by atoms with Gasteiger partial charge < -0.3 is 5.32 Å². The van der Waals surface area contributed by atoms with Gasteiger partial charge in [0.05, 0.1) is 11.1 Å². The van der Waals surface area contributed by atoms with Gasteiger partial charge in [0, 0.05) is 18.3 Å². The lowest BCUT2D eigenvalue weighted by Crippen LogP contribution is -2.55. The standard InChI is InChI=1S/C10H12ClN3O/c11-6-10(2-1-3-10)14-9(15)8-4-12-7-13-5-8/h4-5,7H,1-3,6H2,(H,14,15). The van der Waals surface area contributed by atoms with Crippen LogP contribution in [0.4, 0.5) is 0 Å². The molecular formula is C10H12ClN3O. The molecular weight excluding hydrogens is 214 g/mol. The van der Waals surface area contributed by atoms with Gasteiger partial charge in [0.25, 0.3) is 5.91 Å². The van der Waals surface area contributed by atoms with Crippen LogP contribution in [0.1, 0.15) is 29.6 Å². The molecule has 0 saturated heterocycles. The van der Waals surface area contributed by atoms with Crippen LogP contribution in [0.25, 0.3) is 0 Å². The van der Waals surface area contributed by atoms with Gasteiger partial charge in [-0.15, -0.1) is 11.6 Å². The lowest BCUT2D eigenvalue weighted by Gasteiger charge is -2.40. The van der Waals surface area contributed by atoms with E-state index in [1.54, 1.807) is 0 Å². The molecule has 1 aliphatic rings. The molecule has 0 radical (unpaired) electrons. The van der Waals surface area contributed by atoms with Crippen LogP contribution in [-0.2, 0) is 0 Å². The molecule has 1 aromatic rings. The van der Waals surface area contributed by atoms with Crippen LogP contribution < -0.4 is 5.32 Å². The Morgan fingerprint density at radius 3 is 2.60 bits per heavy atom. The fraction of sp³-hybridized carbons (Fsp3) is 0.500. The van der Waals surface area contributed by atoms with E-state index in [0.29, 0.717) is 11.4 Å². The number of hydrogen-bond donors (Lipinski definition) is 1. The van der Waals surface area contributed by atoms with Crippen molar-refractivity contribution in [2.75, 3.05) is 5.88 Å². The van der Waals surface area contributed by atoms with Crippen LogP contribution >= 0.6 is 11.6 Å². The summed E-state index contributed by atoms with van der Waals surface area (Å²) in [6.07, 6.45) is 7.44. The zero-order chi connectivity index (χ0) is 10.7. The zero-order valence-electron chi connectivity index (χ0n) is 8.24. The van der Waals surface area contributed by atoms with Gasteiger partial charge in [-0.3, -0.25) is 4.79 Å². The molecule has 0 aliphatic heterocycles. The van der Waals surface area contributed by atoms with Gasteiger partial charge in [0.2, 0.25) is 0 Å². The maximum atomic E-state index is 11.8. The number of alkyl halides is 1. The second kappa shape index (κ2) is 4.14. The highest BCUT2D eigenvalue weighted by molar-refractivity contribution is 6.19. The monoisotopic (exact) mass is 225 g/mol. The molecule has 4 nitrogen and oxygen atoms in total. The number of carbonyl (C=O) groups excluding carboxylic acids is 1. The largest absolute Gasteiger partial charge is 0.345 e. The molecule has 80 valence electrons. The Bertz CT molecular complexity index is 345. The van der Waals surface area contributed by atoms with E-state index in [-0.39, 0.29) is 11.4 Å². The lowest BCUT2D eigenvalue weighted by molar-refractivity contribution is 0.0853. The van der Waals surface area contributed by atoms with Crippen LogP contribution in [0.2, 0.25) is 0 Å².